The molecule has 140 valence electrons. The highest BCUT2D eigenvalue weighted by Gasteiger charge is 2.19. The number of halogens is 2. The number of benzene rings is 2. The SMILES string of the molecule is O=c1c(CN2CCN(Cc3ccc(Cl)c(Cl)c3)CC2)coc2ccccc12. The van der Waals surface area contributed by atoms with Gasteiger partial charge in [0.15, 0.2) is 5.43 Å². The third-order valence-electron chi connectivity index (χ3n) is 5.00. The Morgan fingerprint density at radius 2 is 1.59 bits per heavy atom. The van der Waals surface area contributed by atoms with Crippen molar-refractivity contribution in [2.45, 2.75) is 13.1 Å². The van der Waals surface area contributed by atoms with Crippen LogP contribution in [-0.4, -0.2) is 36.0 Å². The first-order valence-corrected chi connectivity index (χ1v) is 9.74. The number of hydrogen-bond acceptors (Lipinski definition) is 4. The van der Waals surface area contributed by atoms with Gasteiger partial charge in [0, 0.05) is 44.8 Å². The van der Waals surface area contributed by atoms with Crippen molar-refractivity contribution in [3.63, 3.8) is 0 Å². The number of hydrogen-bond donors (Lipinski definition) is 0. The van der Waals surface area contributed by atoms with E-state index in [0.29, 0.717) is 33.1 Å². The first kappa shape index (κ1) is 18.5. The molecular formula is C21H20Cl2N2O2. The molecule has 1 aliphatic rings. The lowest BCUT2D eigenvalue weighted by Gasteiger charge is -2.34. The zero-order valence-corrected chi connectivity index (χ0v) is 16.3. The van der Waals surface area contributed by atoms with Crippen LogP contribution in [0.3, 0.4) is 0 Å². The van der Waals surface area contributed by atoms with Crippen molar-refractivity contribution >= 4 is 34.2 Å². The Bertz CT molecular complexity index is 1010. The quantitative estimate of drug-likeness (QED) is 0.647. The molecule has 0 amide bonds. The predicted octanol–water partition coefficient (Wildman–Crippen LogP) is 4.42. The number of rotatable bonds is 4. The summed E-state index contributed by atoms with van der Waals surface area (Å²) in [5.74, 6) is 0. The van der Waals surface area contributed by atoms with Crippen LogP contribution in [0.5, 0.6) is 0 Å². The van der Waals surface area contributed by atoms with E-state index in [2.05, 4.69) is 9.80 Å². The molecule has 0 radical (unpaired) electrons. The maximum Gasteiger partial charge on any atom is 0.197 e. The molecule has 4 rings (SSSR count). The van der Waals surface area contributed by atoms with Crippen LogP contribution in [0.25, 0.3) is 11.0 Å². The van der Waals surface area contributed by atoms with Crippen molar-refractivity contribution in [3.8, 4) is 0 Å². The highest BCUT2D eigenvalue weighted by Crippen LogP contribution is 2.23. The monoisotopic (exact) mass is 402 g/mol. The molecule has 27 heavy (non-hydrogen) atoms. The van der Waals surface area contributed by atoms with Gasteiger partial charge in [-0.3, -0.25) is 14.6 Å². The molecule has 0 spiro atoms. The summed E-state index contributed by atoms with van der Waals surface area (Å²) in [4.78, 5) is 17.3. The summed E-state index contributed by atoms with van der Waals surface area (Å²) < 4.78 is 5.63. The van der Waals surface area contributed by atoms with Crippen LogP contribution in [-0.2, 0) is 13.1 Å². The summed E-state index contributed by atoms with van der Waals surface area (Å²) in [5, 5.41) is 1.82. The molecule has 0 atom stereocenters. The molecule has 1 aromatic heterocycles. The fourth-order valence-electron chi connectivity index (χ4n) is 3.47. The minimum Gasteiger partial charge on any atom is -0.464 e. The van der Waals surface area contributed by atoms with Gasteiger partial charge in [-0.15, -0.1) is 0 Å². The standard InChI is InChI=1S/C21H20Cl2N2O2/c22-18-6-5-15(11-19(18)23)12-24-7-9-25(10-8-24)13-16-14-27-20-4-2-1-3-17(20)21(16)26/h1-6,11,14H,7-10,12-13H2. The van der Waals surface area contributed by atoms with Gasteiger partial charge < -0.3 is 4.42 Å². The lowest BCUT2D eigenvalue weighted by molar-refractivity contribution is 0.121. The fraction of sp³-hybridized carbons (Fsp3) is 0.286. The molecule has 0 unspecified atom stereocenters. The van der Waals surface area contributed by atoms with Crippen molar-refractivity contribution in [2.75, 3.05) is 26.2 Å². The Morgan fingerprint density at radius 3 is 2.33 bits per heavy atom. The minimum absolute atomic E-state index is 0.0649. The summed E-state index contributed by atoms with van der Waals surface area (Å²) in [7, 11) is 0. The van der Waals surface area contributed by atoms with Crippen LogP contribution in [0.1, 0.15) is 11.1 Å². The van der Waals surface area contributed by atoms with Crippen molar-refractivity contribution in [1.29, 1.82) is 0 Å². The van der Waals surface area contributed by atoms with Gasteiger partial charge in [-0.25, -0.2) is 0 Å². The predicted molar refractivity (Wildman–Crippen MR) is 110 cm³/mol. The fourth-order valence-corrected chi connectivity index (χ4v) is 3.79. The summed E-state index contributed by atoms with van der Waals surface area (Å²) in [6.07, 6.45) is 1.60. The molecule has 0 bridgehead atoms. The van der Waals surface area contributed by atoms with Gasteiger partial charge in [-0.2, -0.15) is 0 Å². The zero-order valence-electron chi connectivity index (χ0n) is 14.8. The van der Waals surface area contributed by atoms with E-state index in [4.69, 9.17) is 27.6 Å². The molecule has 0 saturated carbocycles. The molecular weight excluding hydrogens is 383 g/mol. The molecule has 6 heteroatoms. The van der Waals surface area contributed by atoms with Crippen LogP contribution in [0.15, 0.2) is 57.9 Å². The number of para-hydroxylation sites is 1. The van der Waals surface area contributed by atoms with E-state index in [1.54, 1.807) is 6.26 Å². The van der Waals surface area contributed by atoms with Gasteiger partial charge in [0.25, 0.3) is 0 Å². The average molecular weight is 403 g/mol. The van der Waals surface area contributed by atoms with Crippen LogP contribution < -0.4 is 5.43 Å². The lowest BCUT2D eigenvalue weighted by atomic mass is 10.1. The van der Waals surface area contributed by atoms with Gasteiger partial charge in [0.05, 0.1) is 21.7 Å². The van der Waals surface area contributed by atoms with Crippen molar-refractivity contribution in [2.24, 2.45) is 0 Å². The van der Waals surface area contributed by atoms with Gasteiger partial charge >= 0.3 is 0 Å². The van der Waals surface area contributed by atoms with E-state index < -0.39 is 0 Å². The second-order valence-corrected chi connectivity index (χ2v) is 7.70. The second kappa shape index (κ2) is 8.03. The summed E-state index contributed by atoms with van der Waals surface area (Å²) in [6.45, 7) is 5.18. The van der Waals surface area contributed by atoms with E-state index in [9.17, 15) is 4.79 Å². The molecule has 1 aliphatic heterocycles. The lowest BCUT2D eigenvalue weighted by Crippen LogP contribution is -2.45. The molecule has 1 fully saturated rings. The zero-order chi connectivity index (χ0) is 18.8. The highest BCUT2D eigenvalue weighted by atomic mass is 35.5. The first-order chi connectivity index (χ1) is 13.1. The van der Waals surface area contributed by atoms with Crippen molar-refractivity contribution < 1.29 is 4.42 Å². The molecule has 3 aromatic rings. The van der Waals surface area contributed by atoms with E-state index >= 15 is 0 Å². The Kier molecular flexibility index (Phi) is 5.50. The Labute approximate surface area is 167 Å². The number of piperazine rings is 1. The summed E-state index contributed by atoms with van der Waals surface area (Å²) >= 11 is 12.1. The van der Waals surface area contributed by atoms with E-state index in [-0.39, 0.29) is 5.43 Å². The second-order valence-electron chi connectivity index (χ2n) is 6.89. The average Bonchev–Trinajstić information content (AvgIpc) is 2.69. The minimum atomic E-state index is 0.0649. The van der Waals surface area contributed by atoms with Gasteiger partial charge in [0.2, 0.25) is 0 Å². The normalized spacial score (nSPS) is 16.1. The van der Waals surface area contributed by atoms with E-state index in [1.165, 1.54) is 0 Å². The van der Waals surface area contributed by atoms with Crippen LogP contribution in [0.2, 0.25) is 10.0 Å². The molecule has 2 heterocycles. The van der Waals surface area contributed by atoms with Crippen LogP contribution in [0.4, 0.5) is 0 Å². The highest BCUT2D eigenvalue weighted by molar-refractivity contribution is 6.42. The Balaban J connectivity index is 1.37. The number of fused-ring (bicyclic) bond motifs is 1. The van der Waals surface area contributed by atoms with Crippen molar-refractivity contribution in [1.82, 2.24) is 9.80 Å². The molecule has 0 aliphatic carbocycles. The van der Waals surface area contributed by atoms with Gasteiger partial charge in [0.1, 0.15) is 5.58 Å². The summed E-state index contributed by atoms with van der Waals surface area (Å²) in [5.41, 5.74) is 2.58. The Morgan fingerprint density at radius 1 is 0.889 bits per heavy atom. The summed E-state index contributed by atoms with van der Waals surface area (Å²) in [6, 6.07) is 13.2. The van der Waals surface area contributed by atoms with E-state index in [0.717, 1.165) is 38.3 Å². The van der Waals surface area contributed by atoms with Crippen molar-refractivity contribution in [3.05, 3.63) is 80.1 Å². The van der Waals surface area contributed by atoms with Gasteiger partial charge in [-0.1, -0.05) is 41.4 Å². The first-order valence-electron chi connectivity index (χ1n) is 8.98. The Hall–Kier alpha value is -1.85. The third kappa shape index (κ3) is 4.19. The third-order valence-corrected chi connectivity index (χ3v) is 5.74. The van der Waals surface area contributed by atoms with Gasteiger partial charge in [-0.05, 0) is 29.8 Å². The maximum atomic E-state index is 12.6. The molecule has 4 nitrogen and oxygen atoms in total. The van der Waals surface area contributed by atoms with E-state index in [1.807, 2.05) is 42.5 Å². The maximum absolute atomic E-state index is 12.6. The molecule has 2 aromatic carbocycles. The number of nitrogens with zero attached hydrogens (tertiary/aromatic N) is 2. The topological polar surface area (TPSA) is 36.7 Å². The smallest absolute Gasteiger partial charge is 0.197 e. The van der Waals surface area contributed by atoms with Crippen LogP contribution >= 0.6 is 23.2 Å². The van der Waals surface area contributed by atoms with Crippen LogP contribution in [0, 0.1) is 0 Å². The largest absolute Gasteiger partial charge is 0.464 e. The molecule has 1 saturated heterocycles. The molecule has 0 N–H and O–H groups in total.